The van der Waals surface area contributed by atoms with Crippen molar-refractivity contribution in [2.24, 2.45) is 0 Å². The Labute approximate surface area is 181 Å². The highest BCUT2D eigenvalue weighted by molar-refractivity contribution is 5.84. The highest BCUT2D eigenvalue weighted by Crippen LogP contribution is 2.24. The van der Waals surface area contributed by atoms with Gasteiger partial charge >= 0.3 is 5.69 Å². The monoisotopic (exact) mass is 425 g/mol. The van der Waals surface area contributed by atoms with Crippen LogP contribution in [-0.4, -0.2) is 31.2 Å². The van der Waals surface area contributed by atoms with E-state index in [-0.39, 0.29) is 30.2 Å². The number of aryl methyl sites for hydroxylation is 1. The molecule has 1 amide bonds. The second-order valence-electron chi connectivity index (χ2n) is 8.78. The fourth-order valence-electron chi connectivity index (χ4n) is 4.50. The van der Waals surface area contributed by atoms with Crippen LogP contribution in [0.25, 0.3) is 22.4 Å². The van der Waals surface area contributed by atoms with E-state index in [1.165, 1.54) is 19.3 Å². The summed E-state index contributed by atoms with van der Waals surface area (Å²) < 4.78 is 8.38. The van der Waals surface area contributed by atoms with Gasteiger partial charge in [-0.2, -0.15) is 4.98 Å². The molecule has 0 radical (unpaired) electrons. The molecule has 8 heteroatoms. The number of carbonyl (C=O) groups is 1. The van der Waals surface area contributed by atoms with E-state index in [2.05, 4.69) is 15.5 Å². The molecule has 1 saturated carbocycles. The molecule has 8 nitrogen and oxygen atoms in total. The van der Waals surface area contributed by atoms with Crippen LogP contribution in [0, 0.1) is 6.92 Å². The Morgan fingerprint density at radius 2 is 1.87 bits per heavy atom. The molecule has 0 atom stereocenters. The van der Waals surface area contributed by atoms with Crippen molar-refractivity contribution in [3.05, 3.63) is 34.6 Å². The van der Waals surface area contributed by atoms with E-state index in [0.717, 1.165) is 36.8 Å². The number of imidazole rings is 1. The van der Waals surface area contributed by atoms with Gasteiger partial charge in [-0.1, -0.05) is 37.3 Å². The molecule has 166 valence electrons. The van der Waals surface area contributed by atoms with Crippen LogP contribution in [0.5, 0.6) is 0 Å². The molecule has 1 aromatic carbocycles. The van der Waals surface area contributed by atoms with Crippen LogP contribution >= 0.6 is 0 Å². The molecule has 0 unspecified atom stereocenters. The molecule has 31 heavy (non-hydrogen) atoms. The van der Waals surface area contributed by atoms with Gasteiger partial charge in [0.2, 0.25) is 17.6 Å². The summed E-state index contributed by atoms with van der Waals surface area (Å²) in [6.07, 6.45) is 8.05. The molecule has 4 rings (SSSR count). The van der Waals surface area contributed by atoms with Crippen LogP contribution < -0.4 is 11.0 Å². The quantitative estimate of drug-likeness (QED) is 0.667. The van der Waals surface area contributed by atoms with Gasteiger partial charge in [0, 0.05) is 24.6 Å². The molecule has 0 aliphatic heterocycles. The van der Waals surface area contributed by atoms with Gasteiger partial charge in [0.25, 0.3) is 0 Å². The molecule has 0 bridgehead atoms. The summed E-state index contributed by atoms with van der Waals surface area (Å²) in [7, 11) is 0. The van der Waals surface area contributed by atoms with Crippen LogP contribution in [0.4, 0.5) is 0 Å². The zero-order valence-electron chi connectivity index (χ0n) is 18.6. The normalized spacial score (nSPS) is 15.9. The smallest absolute Gasteiger partial charge is 0.329 e. The van der Waals surface area contributed by atoms with Gasteiger partial charge in [0.15, 0.2) is 0 Å². The molecule has 1 aliphatic rings. The van der Waals surface area contributed by atoms with Crippen molar-refractivity contribution in [2.75, 3.05) is 0 Å². The molecule has 0 spiro atoms. The molecule has 2 aromatic heterocycles. The Morgan fingerprint density at radius 1 is 1.16 bits per heavy atom. The largest absolute Gasteiger partial charge is 0.352 e. The topological polar surface area (TPSA) is 95.0 Å². The third-order valence-corrected chi connectivity index (χ3v) is 6.04. The first-order valence-corrected chi connectivity index (χ1v) is 11.3. The SMILES string of the molecule is Cc1nc(-c2ccc3c(c2)n(CC(=O)NC2CCCCCCC2)c(=O)n3C(C)C)no1. The first-order valence-electron chi connectivity index (χ1n) is 11.3. The summed E-state index contributed by atoms with van der Waals surface area (Å²) in [5.41, 5.74) is 2.06. The van der Waals surface area contributed by atoms with E-state index in [4.69, 9.17) is 4.52 Å². The van der Waals surface area contributed by atoms with Gasteiger partial charge in [0.1, 0.15) is 6.54 Å². The number of fused-ring (bicyclic) bond motifs is 1. The van der Waals surface area contributed by atoms with Gasteiger partial charge in [-0.15, -0.1) is 0 Å². The molecule has 1 N–H and O–H groups in total. The Balaban J connectivity index is 1.65. The van der Waals surface area contributed by atoms with Crippen molar-refractivity contribution >= 4 is 16.9 Å². The summed E-state index contributed by atoms with van der Waals surface area (Å²) in [4.78, 5) is 30.4. The first-order chi connectivity index (χ1) is 14.9. The third-order valence-electron chi connectivity index (χ3n) is 6.04. The molecule has 0 saturated heterocycles. The van der Waals surface area contributed by atoms with Crippen LogP contribution in [0.15, 0.2) is 27.5 Å². The molecule has 1 fully saturated rings. The minimum Gasteiger partial charge on any atom is -0.352 e. The van der Waals surface area contributed by atoms with Crippen LogP contribution in [-0.2, 0) is 11.3 Å². The van der Waals surface area contributed by atoms with Crippen molar-refractivity contribution in [1.29, 1.82) is 0 Å². The first kappa shape index (κ1) is 21.3. The van der Waals surface area contributed by atoms with E-state index in [9.17, 15) is 9.59 Å². The minimum absolute atomic E-state index is 0.000276. The standard InChI is InChI=1S/C23H31N5O3/c1-15(2)28-19-12-11-17(22-24-16(3)31-26-22)13-20(19)27(23(28)30)14-21(29)25-18-9-7-5-4-6-8-10-18/h11-13,15,18H,4-10,14H2,1-3H3,(H,25,29). The third kappa shape index (κ3) is 4.57. The highest BCUT2D eigenvalue weighted by atomic mass is 16.5. The molecular weight excluding hydrogens is 394 g/mol. The fraction of sp³-hybridized carbons (Fsp3) is 0.565. The number of amides is 1. The summed E-state index contributed by atoms with van der Waals surface area (Å²) in [5, 5.41) is 7.15. The van der Waals surface area contributed by atoms with Crippen molar-refractivity contribution < 1.29 is 9.32 Å². The molecule has 3 aromatic rings. The molecule has 2 heterocycles. The van der Waals surface area contributed by atoms with Crippen LogP contribution in [0.3, 0.4) is 0 Å². The van der Waals surface area contributed by atoms with Gasteiger partial charge in [-0.3, -0.25) is 13.9 Å². The number of hydrogen-bond donors (Lipinski definition) is 1. The zero-order chi connectivity index (χ0) is 22.0. The van der Waals surface area contributed by atoms with E-state index in [0.29, 0.717) is 17.2 Å². The minimum atomic E-state index is -0.181. The summed E-state index contributed by atoms with van der Waals surface area (Å²) in [5.74, 6) is 0.830. The Hall–Kier alpha value is -2.90. The lowest BCUT2D eigenvalue weighted by Crippen LogP contribution is -2.39. The van der Waals surface area contributed by atoms with Gasteiger partial charge < -0.3 is 9.84 Å². The second-order valence-corrected chi connectivity index (χ2v) is 8.78. The lowest BCUT2D eigenvalue weighted by molar-refractivity contribution is -0.122. The average molecular weight is 426 g/mol. The Kier molecular flexibility index (Phi) is 6.25. The fourth-order valence-corrected chi connectivity index (χ4v) is 4.50. The van der Waals surface area contributed by atoms with Crippen molar-refractivity contribution in [2.45, 2.75) is 84.3 Å². The zero-order valence-corrected chi connectivity index (χ0v) is 18.6. The maximum absolute atomic E-state index is 13.2. The molecule has 1 aliphatic carbocycles. The van der Waals surface area contributed by atoms with Gasteiger partial charge in [-0.25, -0.2) is 4.79 Å². The van der Waals surface area contributed by atoms with E-state index < -0.39 is 0 Å². The van der Waals surface area contributed by atoms with Crippen molar-refractivity contribution in [3.63, 3.8) is 0 Å². The van der Waals surface area contributed by atoms with Crippen molar-refractivity contribution in [1.82, 2.24) is 24.6 Å². The second kappa shape index (κ2) is 9.08. The summed E-state index contributed by atoms with van der Waals surface area (Å²) in [6, 6.07) is 5.80. The highest BCUT2D eigenvalue weighted by Gasteiger charge is 2.20. The Bertz CT molecular complexity index is 1120. The predicted molar refractivity (Wildman–Crippen MR) is 119 cm³/mol. The number of nitrogens with zero attached hydrogens (tertiary/aromatic N) is 4. The van der Waals surface area contributed by atoms with Crippen molar-refractivity contribution in [3.8, 4) is 11.4 Å². The average Bonchev–Trinajstić information content (AvgIpc) is 3.25. The van der Waals surface area contributed by atoms with E-state index in [1.54, 1.807) is 16.1 Å². The maximum atomic E-state index is 13.2. The van der Waals surface area contributed by atoms with E-state index >= 15 is 0 Å². The lowest BCUT2D eigenvalue weighted by Gasteiger charge is -2.21. The molecular formula is C23H31N5O3. The lowest BCUT2D eigenvalue weighted by atomic mass is 9.97. The van der Waals surface area contributed by atoms with Crippen LogP contribution in [0.2, 0.25) is 0 Å². The van der Waals surface area contributed by atoms with Crippen LogP contribution in [0.1, 0.15) is 70.7 Å². The summed E-state index contributed by atoms with van der Waals surface area (Å²) in [6.45, 7) is 5.67. The number of carbonyl (C=O) groups excluding carboxylic acids is 1. The number of hydrogen-bond acceptors (Lipinski definition) is 5. The number of aromatic nitrogens is 4. The number of rotatable bonds is 5. The van der Waals surface area contributed by atoms with Gasteiger partial charge in [-0.05, 0) is 44.9 Å². The number of benzene rings is 1. The van der Waals surface area contributed by atoms with E-state index in [1.807, 2.05) is 32.0 Å². The van der Waals surface area contributed by atoms with Gasteiger partial charge in [0.05, 0.1) is 11.0 Å². The predicted octanol–water partition coefficient (Wildman–Crippen LogP) is 3.97. The summed E-state index contributed by atoms with van der Waals surface area (Å²) >= 11 is 0. The Morgan fingerprint density at radius 3 is 2.52 bits per heavy atom. The number of nitrogens with one attached hydrogen (secondary N) is 1. The maximum Gasteiger partial charge on any atom is 0.329 e.